The first-order chi connectivity index (χ1) is 7.29. The Balaban J connectivity index is 1.92. The molecular weight excluding hydrogens is 193 g/mol. The van der Waals surface area contributed by atoms with E-state index in [1.165, 1.54) is 25.0 Å². The number of halogens is 1. The van der Waals surface area contributed by atoms with Crippen molar-refractivity contribution in [1.82, 2.24) is 0 Å². The lowest BCUT2D eigenvalue weighted by molar-refractivity contribution is 0.288. The summed E-state index contributed by atoms with van der Waals surface area (Å²) in [4.78, 5) is 0. The molecule has 2 rings (SSSR count). The summed E-state index contributed by atoms with van der Waals surface area (Å²) >= 11 is 0. The van der Waals surface area contributed by atoms with Crippen molar-refractivity contribution in [3.8, 4) is 11.8 Å². The number of ether oxygens (including phenoxy) is 1. The van der Waals surface area contributed by atoms with Crippen molar-refractivity contribution in [1.29, 1.82) is 5.26 Å². The monoisotopic (exact) mass is 205 g/mol. The summed E-state index contributed by atoms with van der Waals surface area (Å²) in [6.07, 6.45) is 3.55. The molecule has 1 saturated carbocycles. The molecule has 0 spiro atoms. The molecule has 0 radical (unpaired) electrons. The second-order valence-corrected chi connectivity index (χ2v) is 3.84. The van der Waals surface area contributed by atoms with E-state index >= 15 is 0 Å². The van der Waals surface area contributed by atoms with Crippen LogP contribution in [0.15, 0.2) is 18.2 Å². The van der Waals surface area contributed by atoms with Crippen LogP contribution in [0, 0.1) is 23.1 Å². The standard InChI is InChI=1S/C12H12FNO/c13-11-7-10(8-14)3-4-12(11)15-6-5-9-1-2-9/h3-4,7,9H,1-2,5-6H2. The summed E-state index contributed by atoms with van der Waals surface area (Å²) in [5, 5.41) is 8.55. The molecule has 1 aromatic carbocycles. The minimum absolute atomic E-state index is 0.245. The highest BCUT2D eigenvalue weighted by molar-refractivity contribution is 5.35. The molecule has 0 aromatic heterocycles. The first-order valence-electron chi connectivity index (χ1n) is 5.12. The van der Waals surface area contributed by atoms with Crippen LogP contribution in [0.2, 0.25) is 0 Å². The molecule has 0 heterocycles. The second-order valence-electron chi connectivity index (χ2n) is 3.84. The summed E-state index contributed by atoms with van der Waals surface area (Å²) in [5.74, 6) is 0.575. The van der Waals surface area contributed by atoms with Gasteiger partial charge in [0.1, 0.15) is 0 Å². The van der Waals surface area contributed by atoms with Gasteiger partial charge in [-0.2, -0.15) is 5.26 Å². The Morgan fingerprint density at radius 2 is 2.27 bits per heavy atom. The largest absolute Gasteiger partial charge is 0.491 e. The zero-order chi connectivity index (χ0) is 10.7. The van der Waals surface area contributed by atoms with Crippen molar-refractivity contribution < 1.29 is 9.13 Å². The lowest BCUT2D eigenvalue weighted by atomic mass is 10.2. The maximum absolute atomic E-state index is 13.3. The Bertz CT molecular complexity index is 393. The number of nitrogens with zero attached hydrogens (tertiary/aromatic N) is 1. The molecule has 0 aliphatic heterocycles. The van der Waals surface area contributed by atoms with Crippen LogP contribution in [-0.2, 0) is 0 Å². The molecular formula is C12H12FNO. The molecule has 15 heavy (non-hydrogen) atoms. The fourth-order valence-corrected chi connectivity index (χ4v) is 1.43. The second kappa shape index (κ2) is 4.31. The average Bonchev–Trinajstić information content (AvgIpc) is 3.04. The quantitative estimate of drug-likeness (QED) is 0.757. The van der Waals surface area contributed by atoms with Gasteiger partial charge in [-0.25, -0.2) is 4.39 Å². The van der Waals surface area contributed by atoms with E-state index in [9.17, 15) is 4.39 Å². The maximum Gasteiger partial charge on any atom is 0.166 e. The average molecular weight is 205 g/mol. The van der Waals surface area contributed by atoms with E-state index in [-0.39, 0.29) is 5.75 Å². The lowest BCUT2D eigenvalue weighted by Gasteiger charge is -2.06. The minimum Gasteiger partial charge on any atom is -0.491 e. The van der Waals surface area contributed by atoms with Crippen molar-refractivity contribution >= 4 is 0 Å². The number of nitriles is 1. The van der Waals surface area contributed by atoms with E-state index < -0.39 is 5.82 Å². The van der Waals surface area contributed by atoms with E-state index in [4.69, 9.17) is 10.00 Å². The molecule has 3 heteroatoms. The van der Waals surface area contributed by atoms with Gasteiger partial charge in [-0.3, -0.25) is 0 Å². The predicted octanol–water partition coefficient (Wildman–Crippen LogP) is 2.88. The number of hydrogen-bond acceptors (Lipinski definition) is 2. The maximum atomic E-state index is 13.3. The molecule has 0 unspecified atom stereocenters. The van der Waals surface area contributed by atoms with E-state index in [2.05, 4.69) is 0 Å². The van der Waals surface area contributed by atoms with Crippen LogP contribution < -0.4 is 4.74 Å². The zero-order valence-electron chi connectivity index (χ0n) is 8.37. The SMILES string of the molecule is N#Cc1ccc(OCCC2CC2)c(F)c1. The van der Waals surface area contributed by atoms with Gasteiger partial charge in [0.05, 0.1) is 18.2 Å². The van der Waals surface area contributed by atoms with Crippen molar-refractivity contribution in [2.45, 2.75) is 19.3 Å². The summed E-state index contributed by atoms with van der Waals surface area (Å²) < 4.78 is 18.6. The zero-order valence-corrected chi connectivity index (χ0v) is 8.37. The Morgan fingerprint density at radius 3 is 2.87 bits per heavy atom. The van der Waals surface area contributed by atoms with Gasteiger partial charge in [0.15, 0.2) is 11.6 Å². The van der Waals surface area contributed by atoms with Gasteiger partial charge >= 0.3 is 0 Å². The molecule has 0 bridgehead atoms. The Morgan fingerprint density at radius 1 is 1.47 bits per heavy atom. The van der Waals surface area contributed by atoms with Crippen LogP contribution in [0.25, 0.3) is 0 Å². The number of benzene rings is 1. The molecule has 2 nitrogen and oxygen atoms in total. The van der Waals surface area contributed by atoms with E-state index in [0.717, 1.165) is 12.3 Å². The van der Waals surface area contributed by atoms with Gasteiger partial charge in [0, 0.05) is 0 Å². The molecule has 1 aliphatic rings. The van der Waals surface area contributed by atoms with Crippen LogP contribution in [0.4, 0.5) is 4.39 Å². The number of rotatable bonds is 4. The molecule has 1 fully saturated rings. The molecule has 0 saturated heterocycles. The highest BCUT2D eigenvalue weighted by Crippen LogP contribution is 2.32. The van der Waals surface area contributed by atoms with Crippen molar-refractivity contribution in [3.63, 3.8) is 0 Å². The molecule has 1 aliphatic carbocycles. The van der Waals surface area contributed by atoms with Gasteiger partial charge in [0.25, 0.3) is 0 Å². The Kier molecular flexibility index (Phi) is 2.86. The van der Waals surface area contributed by atoms with Crippen molar-refractivity contribution in [2.75, 3.05) is 6.61 Å². The molecule has 1 aromatic rings. The van der Waals surface area contributed by atoms with Crippen molar-refractivity contribution in [2.24, 2.45) is 5.92 Å². The molecule has 0 N–H and O–H groups in total. The van der Waals surface area contributed by atoms with Gasteiger partial charge < -0.3 is 4.74 Å². The van der Waals surface area contributed by atoms with Gasteiger partial charge in [-0.05, 0) is 30.5 Å². The third-order valence-corrected chi connectivity index (χ3v) is 2.54. The molecule has 78 valence electrons. The minimum atomic E-state index is -0.454. The smallest absolute Gasteiger partial charge is 0.166 e. The summed E-state index contributed by atoms with van der Waals surface area (Å²) in [5.41, 5.74) is 0.321. The normalized spacial score (nSPS) is 14.7. The van der Waals surface area contributed by atoms with E-state index in [0.29, 0.717) is 12.2 Å². The molecule has 0 atom stereocenters. The van der Waals surface area contributed by atoms with Gasteiger partial charge in [0.2, 0.25) is 0 Å². The van der Waals surface area contributed by atoms with Gasteiger partial charge in [-0.15, -0.1) is 0 Å². The van der Waals surface area contributed by atoms with E-state index in [1.54, 1.807) is 6.07 Å². The highest BCUT2D eigenvalue weighted by Gasteiger charge is 2.20. The predicted molar refractivity (Wildman–Crippen MR) is 54.0 cm³/mol. The lowest BCUT2D eigenvalue weighted by Crippen LogP contribution is -2.00. The fourth-order valence-electron chi connectivity index (χ4n) is 1.43. The van der Waals surface area contributed by atoms with Crippen LogP contribution in [0.5, 0.6) is 5.75 Å². The highest BCUT2D eigenvalue weighted by atomic mass is 19.1. The van der Waals surface area contributed by atoms with Crippen molar-refractivity contribution in [3.05, 3.63) is 29.6 Å². The summed E-state index contributed by atoms with van der Waals surface area (Å²) in [6, 6.07) is 6.16. The third-order valence-electron chi connectivity index (χ3n) is 2.54. The summed E-state index contributed by atoms with van der Waals surface area (Å²) in [6.45, 7) is 0.563. The van der Waals surface area contributed by atoms with Crippen LogP contribution >= 0.6 is 0 Å². The first kappa shape index (κ1) is 9.97. The fraction of sp³-hybridized carbons (Fsp3) is 0.417. The Labute approximate surface area is 88.3 Å². The van der Waals surface area contributed by atoms with E-state index in [1.807, 2.05) is 6.07 Å². The van der Waals surface area contributed by atoms with Crippen LogP contribution in [-0.4, -0.2) is 6.61 Å². The van der Waals surface area contributed by atoms with Crippen LogP contribution in [0.3, 0.4) is 0 Å². The molecule has 0 amide bonds. The van der Waals surface area contributed by atoms with Crippen LogP contribution in [0.1, 0.15) is 24.8 Å². The summed E-state index contributed by atoms with van der Waals surface area (Å²) in [7, 11) is 0. The number of hydrogen-bond donors (Lipinski definition) is 0. The topological polar surface area (TPSA) is 33.0 Å². The third kappa shape index (κ3) is 2.69. The first-order valence-corrected chi connectivity index (χ1v) is 5.12. The Hall–Kier alpha value is -1.56. The van der Waals surface area contributed by atoms with Gasteiger partial charge in [-0.1, -0.05) is 12.8 Å².